The highest BCUT2D eigenvalue weighted by Crippen LogP contribution is 2.19. The first-order valence-corrected chi connectivity index (χ1v) is 8.45. The fraction of sp³-hybridized carbons (Fsp3) is 0.263. The van der Waals surface area contributed by atoms with Crippen molar-refractivity contribution in [1.29, 1.82) is 0 Å². The second-order valence-corrected chi connectivity index (χ2v) is 6.06. The van der Waals surface area contributed by atoms with E-state index in [0.29, 0.717) is 16.7 Å². The first-order chi connectivity index (χ1) is 13.3. The lowest BCUT2D eigenvalue weighted by Gasteiger charge is -2.10. The lowest BCUT2D eigenvalue weighted by atomic mass is 10.2. The summed E-state index contributed by atoms with van der Waals surface area (Å²) >= 11 is 0. The number of aryl methyl sites for hydroxylation is 1. The van der Waals surface area contributed by atoms with Gasteiger partial charge in [-0.05, 0) is 29.8 Å². The molecule has 0 radical (unpaired) electrons. The molecule has 1 N–H and O–H groups in total. The van der Waals surface area contributed by atoms with Gasteiger partial charge < -0.3 is 14.5 Å². The maximum atomic E-state index is 12.1. The average Bonchev–Trinajstić information content (AvgIpc) is 2.98. The number of alkyl halides is 3. The van der Waals surface area contributed by atoms with E-state index < -0.39 is 18.5 Å². The molecule has 3 rings (SSSR count). The van der Waals surface area contributed by atoms with Crippen molar-refractivity contribution in [2.75, 3.05) is 6.61 Å². The van der Waals surface area contributed by atoms with Gasteiger partial charge in [0.2, 0.25) is 5.91 Å². The van der Waals surface area contributed by atoms with Gasteiger partial charge in [-0.25, -0.2) is 4.79 Å². The minimum atomic E-state index is -4.39. The van der Waals surface area contributed by atoms with Crippen LogP contribution in [0.15, 0.2) is 57.7 Å². The minimum Gasteiger partial charge on any atom is -0.484 e. The predicted molar refractivity (Wildman–Crippen MR) is 94.9 cm³/mol. The minimum absolute atomic E-state index is 0.0796. The Labute approximate surface area is 157 Å². The molecule has 0 saturated carbocycles. The molecule has 0 fully saturated rings. The van der Waals surface area contributed by atoms with E-state index in [1.807, 2.05) is 0 Å². The largest absolute Gasteiger partial charge is 0.484 e. The molecular weight excluding hydrogens is 377 g/mol. The molecule has 148 valence electrons. The van der Waals surface area contributed by atoms with Crippen molar-refractivity contribution < 1.29 is 27.1 Å². The van der Waals surface area contributed by atoms with E-state index >= 15 is 0 Å². The number of nitrogens with zero attached hydrogens (tertiary/aromatic N) is 1. The number of benzene rings is 2. The van der Waals surface area contributed by atoms with Crippen LogP contribution in [-0.4, -0.2) is 23.3 Å². The molecule has 3 aromatic rings. The number of carbonyl (C=O) groups excluding carboxylic acids is 1. The van der Waals surface area contributed by atoms with Crippen LogP contribution in [-0.2, 0) is 17.9 Å². The molecule has 0 aliphatic carbocycles. The normalized spacial score (nSPS) is 11.5. The van der Waals surface area contributed by atoms with Gasteiger partial charge in [0.05, 0.1) is 5.52 Å². The summed E-state index contributed by atoms with van der Waals surface area (Å²) in [6.45, 7) is -0.976. The van der Waals surface area contributed by atoms with Crippen LogP contribution in [0, 0.1) is 0 Å². The molecule has 1 heterocycles. The van der Waals surface area contributed by atoms with Crippen LogP contribution in [0.25, 0.3) is 11.1 Å². The van der Waals surface area contributed by atoms with E-state index in [2.05, 4.69) is 10.1 Å². The second-order valence-electron chi connectivity index (χ2n) is 6.06. The van der Waals surface area contributed by atoms with E-state index in [-0.39, 0.29) is 31.2 Å². The SMILES string of the molecule is O=C(CCn1c(=O)oc2ccccc21)NCc1ccc(OCC(F)(F)F)cc1. The molecule has 0 saturated heterocycles. The van der Waals surface area contributed by atoms with Crippen LogP contribution in [0.5, 0.6) is 5.75 Å². The smallest absolute Gasteiger partial charge is 0.422 e. The monoisotopic (exact) mass is 394 g/mol. The summed E-state index contributed by atoms with van der Waals surface area (Å²) in [6, 6.07) is 12.9. The summed E-state index contributed by atoms with van der Waals surface area (Å²) in [5, 5.41) is 2.70. The molecule has 1 amide bonds. The van der Waals surface area contributed by atoms with Crippen LogP contribution in [0.1, 0.15) is 12.0 Å². The second kappa shape index (κ2) is 8.20. The zero-order valence-electron chi connectivity index (χ0n) is 14.7. The third-order valence-corrected chi connectivity index (χ3v) is 3.95. The van der Waals surface area contributed by atoms with Gasteiger partial charge in [0.15, 0.2) is 12.2 Å². The zero-order valence-corrected chi connectivity index (χ0v) is 14.7. The first kappa shape index (κ1) is 19.5. The number of fused-ring (bicyclic) bond motifs is 1. The van der Waals surface area contributed by atoms with Crippen molar-refractivity contribution in [3.8, 4) is 5.75 Å². The van der Waals surface area contributed by atoms with Gasteiger partial charge in [0.1, 0.15) is 5.75 Å². The number of oxazole rings is 1. The number of aromatic nitrogens is 1. The summed E-state index contributed by atoms with van der Waals surface area (Å²) in [5.41, 5.74) is 1.79. The summed E-state index contributed by atoms with van der Waals surface area (Å²) in [7, 11) is 0. The number of hydrogen-bond acceptors (Lipinski definition) is 4. The van der Waals surface area contributed by atoms with Crippen molar-refractivity contribution >= 4 is 17.0 Å². The maximum Gasteiger partial charge on any atom is 0.422 e. The number of ether oxygens (including phenoxy) is 1. The Morgan fingerprint density at radius 2 is 1.82 bits per heavy atom. The van der Waals surface area contributed by atoms with Gasteiger partial charge in [-0.3, -0.25) is 9.36 Å². The van der Waals surface area contributed by atoms with Crippen molar-refractivity contribution in [3.63, 3.8) is 0 Å². The van der Waals surface area contributed by atoms with Crippen LogP contribution in [0.2, 0.25) is 0 Å². The Bertz CT molecular complexity index is 1010. The Balaban J connectivity index is 1.49. The summed E-state index contributed by atoms with van der Waals surface area (Å²) in [5.74, 6) is -0.698. The van der Waals surface area contributed by atoms with Crippen LogP contribution in [0.3, 0.4) is 0 Å². The predicted octanol–water partition coefficient (Wildman–Crippen LogP) is 3.24. The molecule has 0 spiro atoms. The Morgan fingerprint density at radius 3 is 2.54 bits per heavy atom. The molecule has 2 aromatic carbocycles. The van der Waals surface area contributed by atoms with Gasteiger partial charge in [0.25, 0.3) is 0 Å². The van der Waals surface area contributed by atoms with Crippen molar-refractivity contribution in [3.05, 3.63) is 64.6 Å². The Hall–Kier alpha value is -3.23. The standard InChI is InChI=1S/C19H17F3N2O4/c20-19(21,22)12-27-14-7-5-13(6-8-14)11-23-17(25)9-10-24-15-3-1-2-4-16(15)28-18(24)26/h1-8H,9-12H2,(H,23,25). The summed E-state index contributed by atoms with van der Waals surface area (Å²) in [6.07, 6.45) is -4.31. The Kier molecular flexibility index (Phi) is 5.72. The molecule has 28 heavy (non-hydrogen) atoms. The quantitative estimate of drug-likeness (QED) is 0.668. The van der Waals surface area contributed by atoms with Gasteiger partial charge >= 0.3 is 11.9 Å². The van der Waals surface area contributed by atoms with E-state index in [1.54, 1.807) is 36.4 Å². The topological polar surface area (TPSA) is 73.5 Å². The first-order valence-electron chi connectivity index (χ1n) is 8.45. The van der Waals surface area contributed by atoms with Crippen molar-refractivity contribution in [2.24, 2.45) is 0 Å². The summed E-state index contributed by atoms with van der Waals surface area (Å²) < 4.78 is 47.5. The fourth-order valence-corrected chi connectivity index (χ4v) is 2.60. The molecule has 0 aliphatic rings. The maximum absolute atomic E-state index is 12.1. The lowest BCUT2D eigenvalue weighted by Crippen LogP contribution is -2.25. The van der Waals surface area contributed by atoms with E-state index in [4.69, 9.17) is 4.42 Å². The molecule has 0 aliphatic heterocycles. The number of nitrogens with one attached hydrogen (secondary N) is 1. The third kappa shape index (κ3) is 5.15. The number of amides is 1. The molecule has 0 bridgehead atoms. The van der Waals surface area contributed by atoms with E-state index in [9.17, 15) is 22.8 Å². The van der Waals surface area contributed by atoms with Crippen LogP contribution >= 0.6 is 0 Å². The van der Waals surface area contributed by atoms with Crippen LogP contribution < -0.4 is 15.8 Å². The van der Waals surface area contributed by atoms with E-state index in [1.165, 1.54) is 16.7 Å². The third-order valence-electron chi connectivity index (χ3n) is 3.95. The Morgan fingerprint density at radius 1 is 1.11 bits per heavy atom. The van der Waals surface area contributed by atoms with Crippen molar-refractivity contribution in [2.45, 2.75) is 25.7 Å². The van der Waals surface area contributed by atoms with Gasteiger partial charge in [0, 0.05) is 19.5 Å². The highest BCUT2D eigenvalue weighted by atomic mass is 19.4. The number of rotatable bonds is 7. The highest BCUT2D eigenvalue weighted by molar-refractivity contribution is 5.76. The molecule has 9 heteroatoms. The molecule has 0 unspecified atom stereocenters. The average molecular weight is 394 g/mol. The molecular formula is C19H17F3N2O4. The number of halogens is 3. The fourth-order valence-electron chi connectivity index (χ4n) is 2.60. The van der Waals surface area contributed by atoms with Gasteiger partial charge in [-0.1, -0.05) is 24.3 Å². The molecule has 1 aromatic heterocycles. The molecule has 6 nitrogen and oxygen atoms in total. The number of hydrogen-bond donors (Lipinski definition) is 1. The molecule has 0 atom stereocenters. The van der Waals surface area contributed by atoms with E-state index in [0.717, 1.165) is 0 Å². The highest BCUT2D eigenvalue weighted by Gasteiger charge is 2.28. The van der Waals surface area contributed by atoms with Crippen molar-refractivity contribution in [1.82, 2.24) is 9.88 Å². The lowest BCUT2D eigenvalue weighted by molar-refractivity contribution is -0.153. The summed E-state index contributed by atoms with van der Waals surface area (Å²) in [4.78, 5) is 23.9. The number of carbonyl (C=O) groups is 1. The zero-order chi connectivity index (χ0) is 20.1. The van der Waals surface area contributed by atoms with Crippen LogP contribution in [0.4, 0.5) is 13.2 Å². The van der Waals surface area contributed by atoms with Gasteiger partial charge in [-0.2, -0.15) is 13.2 Å². The number of para-hydroxylation sites is 2. The van der Waals surface area contributed by atoms with Gasteiger partial charge in [-0.15, -0.1) is 0 Å².